The molecule has 0 bridgehead atoms. The molecule has 2 aromatic carbocycles. The van der Waals surface area contributed by atoms with Gasteiger partial charge in [-0.05, 0) is 50.5 Å². The van der Waals surface area contributed by atoms with Gasteiger partial charge in [0.1, 0.15) is 11.6 Å². The third kappa shape index (κ3) is 2.42. The Kier molecular flexibility index (Phi) is 3.26. The lowest BCUT2D eigenvalue weighted by Gasteiger charge is -2.06. The summed E-state index contributed by atoms with van der Waals surface area (Å²) >= 11 is 3.04. The number of nitro groups is 1. The van der Waals surface area contributed by atoms with Crippen molar-refractivity contribution in [1.29, 1.82) is 0 Å². The molecule has 0 aliphatic heterocycles. The van der Waals surface area contributed by atoms with Crippen LogP contribution in [0.25, 0.3) is 11.0 Å². The quantitative estimate of drug-likeness (QED) is 0.524. The largest absolute Gasteiger partial charge is 0.455 e. The first-order chi connectivity index (χ1) is 10.1. The smallest absolute Gasteiger partial charge is 0.301 e. The molecule has 0 fully saturated rings. The average molecular weight is 354 g/mol. The van der Waals surface area contributed by atoms with Crippen LogP contribution in [0.4, 0.5) is 10.1 Å². The lowest BCUT2D eigenvalue weighted by molar-refractivity contribution is -0.383. The van der Waals surface area contributed by atoms with Gasteiger partial charge < -0.3 is 4.74 Å². The van der Waals surface area contributed by atoms with Crippen molar-refractivity contribution in [2.75, 3.05) is 0 Å². The maximum absolute atomic E-state index is 13.2. The Labute approximate surface area is 124 Å². The van der Waals surface area contributed by atoms with Gasteiger partial charge in [-0.25, -0.2) is 9.02 Å². The summed E-state index contributed by atoms with van der Waals surface area (Å²) in [5.74, 6) is 0.121. The van der Waals surface area contributed by atoms with Crippen molar-refractivity contribution in [3.63, 3.8) is 0 Å². The summed E-state index contributed by atoms with van der Waals surface area (Å²) in [7, 11) is 0. The van der Waals surface area contributed by atoms with E-state index in [0.29, 0.717) is 5.75 Å². The minimum Gasteiger partial charge on any atom is -0.455 e. The molecule has 21 heavy (non-hydrogen) atoms. The first-order valence-electron chi connectivity index (χ1n) is 5.59. The van der Waals surface area contributed by atoms with Gasteiger partial charge in [-0.2, -0.15) is 0 Å². The van der Waals surface area contributed by atoms with E-state index in [-0.39, 0.29) is 26.9 Å². The zero-order valence-corrected chi connectivity index (χ0v) is 11.7. The predicted molar refractivity (Wildman–Crippen MR) is 72.6 cm³/mol. The Morgan fingerprint density at radius 3 is 2.71 bits per heavy atom. The van der Waals surface area contributed by atoms with Crippen molar-refractivity contribution >= 4 is 32.7 Å². The van der Waals surface area contributed by atoms with E-state index in [4.69, 9.17) is 4.74 Å². The summed E-state index contributed by atoms with van der Waals surface area (Å²) in [6, 6.07) is 6.68. The number of hydrogen-bond donors (Lipinski definition) is 0. The highest BCUT2D eigenvalue weighted by Gasteiger charge is 2.20. The van der Waals surface area contributed by atoms with Gasteiger partial charge in [0.25, 0.3) is 0 Å². The highest BCUT2D eigenvalue weighted by atomic mass is 79.9. The van der Waals surface area contributed by atoms with Crippen LogP contribution in [-0.4, -0.2) is 15.2 Å². The van der Waals surface area contributed by atoms with Crippen molar-refractivity contribution < 1.29 is 18.7 Å². The van der Waals surface area contributed by atoms with Gasteiger partial charge in [-0.15, -0.1) is 0 Å². The SMILES string of the molecule is O=[N+]([O-])c1ccc(Oc2ccc(F)c(Br)c2)c2nonc12. The van der Waals surface area contributed by atoms with E-state index in [1.807, 2.05) is 0 Å². The summed E-state index contributed by atoms with van der Waals surface area (Å²) in [6.45, 7) is 0. The number of aromatic nitrogens is 2. The van der Waals surface area contributed by atoms with Crippen molar-refractivity contribution in [1.82, 2.24) is 10.3 Å². The van der Waals surface area contributed by atoms with E-state index in [1.54, 1.807) is 0 Å². The number of non-ortho nitro benzene ring substituents is 1. The normalized spacial score (nSPS) is 10.8. The molecule has 1 aromatic heterocycles. The zero-order chi connectivity index (χ0) is 15.0. The average Bonchev–Trinajstić information content (AvgIpc) is 2.92. The van der Waals surface area contributed by atoms with Crippen LogP contribution in [0.2, 0.25) is 0 Å². The Hall–Kier alpha value is -2.55. The van der Waals surface area contributed by atoms with Crippen LogP contribution in [0.15, 0.2) is 39.4 Å². The van der Waals surface area contributed by atoms with Crippen LogP contribution in [-0.2, 0) is 0 Å². The molecule has 0 radical (unpaired) electrons. The lowest BCUT2D eigenvalue weighted by Crippen LogP contribution is -1.92. The van der Waals surface area contributed by atoms with Gasteiger partial charge in [0.05, 0.1) is 9.40 Å². The fourth-order valence-electron chi connectivity index (χ4n) is 1.73. The van der Waals surface area contributed by atoms with Gasteiger partial charge in [0, 0.05) is 6.07 Å². The molecule has 0 aliphatic rings. The molecule has 0 spiro atoms. The van der Waals surface area contributed by atoms with Crippen molar-refractivity contribution in [2.45, 2.75) is 0 Å². The van der Waals surface area contributed by atoms with Crippen molar-refractivity contribution in [2.24, 2.45) is 0 Å². The second-order valence-electron chi connectivity index (χ2n) is 3.98. The van der Waals surface area contributed by atoms with Crippen LogP contribution < -0.4 is 4.74 Å². The Bertz CT molecular complexity index is 852. The van der Waals surface area contributed by atoms with Crippen LogP contribution in [0.3, 0.4) is 0 Å². The molecular formula is C12H5BrFN3O4. The minimum atomic E-state index is -0.592. The summed E-state index contributed by atoms with van der Waals surface area (Å²) in [5, 5.41) is 18.0. The Morgan fingerprint density at radius 1 is 1.24 bits per heavy atom. The van der Waals surface area contributed by atoms with Crippen molar-refractivity contribution in [3.8, 4) is 11.5 Å². The first-order valence-corrected chi connectivity index (χ1v) is 6.38. The summed E-state index contributed by atoms with van der Waals surface area (Å²) in [5.41, 5.74) is -0.137. The van der Waals surface area contributed by atoms with Gasteiger partial charge in [-0.3, -0.25) is 10.1 Å². The summed E-state index contributed by atoms with van der Waals surface area (Å²) in [6.07, 6.45) is 0. The topological polar surface area (TPSA) is 91.3 Å². The second kappa shape index (κ2) is 5.09. The zero-order valence-electron chi connectivity index (χ0n) is 10.1. The molecule has 7 nitrogen and oxygen atoms in total. The Balaban J connectivity index is 2.05. The fourth-order valence-corrected chi connectivity index (χ4v) is 2.09. The summed E-state index contributed by atoms with van der Waals surface area (Å²) < 4.78 is 23.5. The number of benzene rings is 2. The number of nitro benzene ring substituents is 1. The van der Waals surface area contributed by atoms with Crippen LogP contribution in [0, 0.1) is 15.9 Å². The van der Waals surface area contributed by atoms with Gasteiger partial charge >= 0.3 is 5.69 Å². The van der Waals surface area contributed by atoms with Crippen LogP contribution in [0.5, 0.6) is 11.5 Å². The fraction of sp³-hybridized carbons (Fsp3) is 0. The molecule has 0 saturated carbocycles. The maximum atomic E-state index is 13.2. The van der Waals surface area contributed by atoms with Gasteiger partial charge in [-0.1, -0.05) is 0 Å². The number of ether oxygens (including phenoxy) is 1. The molecule has 9 heteroatoms. The Morgan fingerprint density at radius 2 is 2.00 bits per heavy atom. The van der Waals surface area contributed by atoms with Crippen molar-refractivity contribution in [3.05, 3.63) is 50.7 Å². The highest BCUT2D eigenvalue weighted by molar-refractivity contribution is 9.10. The minimum absolute atomic E-state index is 0.0151. The third-order valence-electron chi connectivity index (χ3n) is 2.67. The number of halogens is 2. The first kappa shape index (κ1) is 13.4. The molecule has 0 saturated heterocycles. The van der Waals surface area contributed by atoms with E-state index in [9.17, 15) is 14.5 Å². The number of hydrogen-bond acceptors (Lipinski definition) is 6. The predicted octanol–water partition coefficient (Wildman–Crippen LogP) is 3.82. The van der Waals surface area contributed by atoms with Crippen LogP contribution in [0.1, 0.15) is 0 Å². The highest BCUT2D eigenvalue weighted by Crippen LogP contribution is 2.34. The standard InChI is InChI=1S/C12H5BrFN3O4/c13-7-5-6(1-2-8(7)14)20-10-4-3-9(17(18)19)11-12(10)16-21-15-11/h1-5H. The molecule has 0 N–H and O–H groups in total. The van der Waals surface area contributed by atoms with E-state index in [1.165, 1.54) is 30.3 Å². The van der Waals surface area contributed by atoms with E-state index in [0.717, 1.165) is 0 Å². The van der Waals surface area contributed by atoms with Gasteiger partial charge in [0.2, 0.25) is 5.52 Å². The molecule has 3 rings (SSSR count). The van der Waals surface area contributed by atoms with E-state index in [2.05, 4.69) is 30.9 Å². The second-order valence-corrected chi connectivity index (χ2v) is 4.83. The lowest BCUT2D eigenvalue weighted by atomic mass is 10.2. The van der Waals surface area contributed by atoms with Gasteiger partial charge in [0.15, 0.2) is 11.3 Å². The monoisotopic (exact) mass is 353 g/mol. The number of rotatable bonds is 3. The molecule has 0 unspecified atom stereocenters. The van der Waals surface area contributed by atoms with Crippen LogP contribution >= 0.6 is 15.9 Å². The molecule has 106 valence electrons. The van der Waals surface area contributed by atoms with E-state index < -0.39 is 10.7 Å². The van der Waals surface area contributed by atoms with E-state index >= 15 is 0 Å². The molecule has 1 heterocycles. The maximum Gasteiger partial charge on any atom is 0.301 e. The molecule has 0 aliphatic carbocycles. The summed E-state index contributed by atoms with van der Waals surface area (Å²) in [4.78, 5) is 10.3. The molecular weight excluding hydrogens is 349 g/mol. The third-order valence-corrected chi connectivity index (χ3v) is 3.28. The molecule has 3 aromatic rings. The number of nitrogens with zero attached hydrogens (tertiary/aromatic N) is 3. The molecule has 0 atom stereocenters. The molecule has 0 amide bonds. The number of fused-ring (bicyclic) bond motifs is 1.